The van der Waals surface area contributed by atoms with Crippen LogP contribution in [0.3, 0.4) is 0 Å². The lowest BCUT2D eigenvalue weighted by atomic mass is 9.79. The molecule has 36 heavy (non-hydrogen) atoms. The first-order chi connectivity index (χ1) is 17.5. The largest absolute Gasteiger partial charge is 0.493 e. The van der Waals surface area contributed by atoms with Crippen LogP contribution < -0.4 is 9.47 Å². The minimum atomic E-state index is 0.0323. The molecule has 4 rings (SSSR count). The molecule has 1 saturated heterocycles. The van der Waals surface area contributed by atoms with E-state index in [0.29, 0.717) is 43.5 Å². The van der Waals surface area contributed by atoms with Crippen LogP contribution in [0.15, 0.2) is 41.4 Å². The van der Waals surface area contributed by atoms with E-state index in [1.165, 1.54) is 5.56 Å². The van der Waals surface area contributed by atoms with E-state index in [2.05, 4.69) is 31.0 Å². The first kappa shape index (κ1) is 26.2. The third-order valence-electron chi connectivity index (χ3n) is 7.12. The summed E-state index contributed by atoms with van der Waals surface area (Å²) in [4.78, 5) is 22.6. The Hall–Kier alpha value is -2.90. The Balaban J connectivity index is 1.70. The zero-order valence-corrected chi connectivity index (χ0v) is 22.3. The van der Waals surface area contributed by atoms with E-state index in [9.17, 15) is 4.79 Å². The van der Waals surface area contributed by atoms with E-state index in [1.807, 2.05) is 36.1 Å². The van der Waals surface area contributed by atoms with Crippen LogP contribution in [-0.4, -0.2) is 88.1 Å². The van der Waals surface area contributed by atoms with Crippen LogP contribution in [-0.2, 0) is 4.74 Å². The highest BCUT2D eigenvalue weighted by molar-refractivity contribution is 6.15. The van der Waals surface area contributed by atoms with Crippen molar-refractivity contribution in [1.29, 1.82) is 0 Å². The van der Waals surface area contributed by atoms with E-state index >= 15 is 0 Å². The van der Waals surface area contributed by atoms with Crippen LogP contribution in [0.4, 0.5) is 0 Å². The fourth-order valence-electron chi connectivity index (χ4n) is 5.28. The molecule has 0 radical (unpaired) electrons. The van der Waals surface area contributed by atoms with Gasteiger partial charge < -0.3 is 24.0 Å². The van der Waals surface area contributed by atoms with Crippen LogP contribution in [0.1, 0.15) is 59.7 Å². The van der Waals surface area contributed by atoms with Crippen molar-refractivity contribution in [1.82, 2.24) is 9.80 Å². The summed E-state index contributed by atoms with van der Waals surface area (Å²) in [6.45, 7) is 8.48. The molecule has 0 aromatic heterocycles. The second-order valence-corrected chi connectivity index (χ2v) is 9.59. The Bertz CT molecular complexity index is 1080. The molecule has 7 nitrogen and oxygen atoms in total. The monoisotopic (exact) mass is 493 g/mol. The number of fused-ring (bicyclic) bond motifs is 3. The number of amides is 1. The van der Waals surface area contributed by atoms with Crippen molar-refractivity contribution in [3.8, 4) is 11.5 Å². The van der Waals surface area contributed by atoms with Gasteiger partial charge in [-0.3, -0.25) is 9.79 Å². The van der Waals surface area contributed by atoms with Crippen LogP contribution in [0.25, 0.3) is 0 Å². The maximum absolute atomic E-state index is 13.1. The summed E-state index contributed by atoms with van der Waals surface area (Å²) >= 11 is 0. The summed E-state index contributed by atoms with van der Waals surface area (Å²) in [5.74, 6) is 1.84. The van der Waals surface area contributed by atoms with Gasteiger partial charge >= 0.3 is 0 Å². The number of carbonyl (C=O) groups is 1. The minimum Gasteiger partial charge on any atom is -0.493 e. The summed E-state index contributed by atoms with van der Waals surface area (Å²) in [5, 5.41) is 0. The average molecular weight is 494 g/mol. The summed E-state index contributed by atoms with van der Waals surface area (Å²) in [6.07, 6.45) is 1.92. The molecule has 1 fully saturated rings. The highest BCUT2D eigenvalue weighted by atomic mass is 16.5. The number of hydrogen-bond donors (Lipinski definition) is 0. The number of benzene rings is 2. The number of rotatable bonds is 10. The normalized spacial score (nSPS) is 19.2. The van der Waals surface area contributed by atoms with E-state index in [4.69, 9.17) is 19.2 Å². The van der Waals surface area contributed by atoms with Crippen molar-refractivity contribution in [2.24, 2.45) is 4.99 Å². The predicted octanol–water partition coefficient (Wildman–Crippen LogP) is 4.23. The number of hydrogen-bond acceptors (Lipinski definition) is 6. The van der Waals surface area contributed by atoms with Crippen molar-refractivity contribution in [3.63, 3.8) is 0 Å². The molecule has 2 aliphatic rings. The van der Waals surface area contributed by atoms with Gasteiger partial charge in [-0.15, -0.1) is 0 Å². The Morgan fingerprint density at radius 3 is 2.56 bits per heavy atom. The first-order valence-electron chi connectivity index (χ1n) is 13.0. The molecule has 0 unspecified atom stereocenters. The predicted molar refractivity (Wildman–Crippen MR) is 143 cm³/mol. The van der Waals surface area contributed by atoms with Crippen LogP contribution in [0, 0.1) is 0 Å². The van der Waals surface area contributed by atoms with E-state index in [0.717, 1.165) is 48.5 Å². The molecule has 7 heteroatoms. The molecular formula is C29H39N3O4. The lowest BCUT2D eigenvalue weighted by Gasteiger charge is -2.39. The fourth-order valence-corrected chi connectivity index (χ4v) is 5.28. The quantitative estimate of drug-likeness (QED) is 0.496. The van der Waals surface area contributed by atoms with Crippen LogP contribution >= 0.6 is 0 Å². The van der Waals surface area contributed by atoms with Crippen molar-refractivity contribution in [2.45, 2.75) is 38.6 Å². The van der Waals surface area contributed by atoms with Crippen molar-refractivity contribution in [2.75, 3.05) is 60.7 Å². The molecule has 0 spiro atoms. The van der Waals surface area contributed by atoms with Gasteiger partial charge in [0.05, 0.1) is 32.1 Å². The van der Waals surface area contributed by atoms with Gasteiger partial charge in [0.25, 0.3) is 5.91 Å². The van der Waals surface area contributed by atoms with E-state index in [1.54, 1.807) is 14.2 Å². The van der Waals surface area contributed by atoms with Gasteiger partial charge in [-0.05, 0) is 63.2 Å². The summed E-state index contributed by atoms with van der Waals surface area (Å²) in [7, 11) is 5.51. The SMILES string of the molecule is CCCN(CCOC)C(=O)c1ccc(C2=N[C@@H]3CCN(C)C[C@@H]3c3cc(OCC)c(OC)cc32)cc1. The number of aliphatic imine (C=N–C) groups is 1. The number of carbonyl (C=O) groups excluding carboxylic acids is 1. The van der Waals surface area contributed by atoms with Gasteiger partial charge in [0, 0.05) is 49.4 Å². The highest BCUT2D eigenvalue weighted by Gasteiger charge is 2.36. The second-order valence-electron chi connectivity index (χ2n) is 9.59. The molecule has 0 bridgehead atoms. The Labute approximate surface area is 215 Å². The van der Waals surface area contributed by atoms with Gasteiger partial charge in [-0.2, -0.15) is 0 Å². The third kappa shape index (κ3) is 5.42. The van der Waals surface area contributed by atoms with Crippen molar-refractivity contribution < 1.29 is 19.0 Å². The maximum Gasteiger partial charge on any atom is 0.253 e. The Morgan fingerprint density at radius 1 is 1.11 bits per heavy atom. The topological polar surface area (TPSA) is 63.6 Å². The lowest BCUT2D eigenvalue weighted by molar-refractivity contribution is 0.0695. The first-order valence-corrected chi connectivity index (χ1v) is 13.0. The molecule has 194 valence electrons. The number of methoxy groups -OCH3 is 2. The van der Waals surface area contributed by atoms with Crippen molar-refractivity contribution in [3.05, 3.63) is 58.7 Å². The zero-order valence-electron chi connectivity index (χ0n) is 22.3. The van der Waals surface area contributed by atoms with Gasteiger partial charge in [-0.1, -0.05) is 19.1 Å². The standard InChI is InChI=1S/C29H39N3O4/c1-6-13-32(15-16-34-4)29(33)21-10-8-20(9-11-21)28-23-18-26(35-5)27(36-7-2)17-22(23)24-19-31(3)14-12-25(24)30-28/h8-11,17-18,24-25H,6-7,12-16,19H2,1-5H3/t24-,25-/m1/s1. The molecule has 2 heterocycles. The number of likely N-dealkylation sites (tertiary alicyclic amines) is 1. The Kier molecular flexibility index (Phi) is 8.64. The maximum atomic E-state index is 13.1. The third-order valence-corrected chi connectivity index (χ3v) is 7.12. The average Bonchev–Trinajstić information content (AvgIpc) is 2.90. The van der Waals surface area contributed by atoms with E-state index in [-0.39, 0.29) is 11.9 Å². The zero-order chi connectivity index (χ0) is 25.7. The smallest absolute Gasteiger partial charge is 0.253 e. The molecule has 2 aliphatic heterocycles. The van der Waals surface area contributed by atoms with Gasteiger partial charge in [0.15, 0.2) is 11.5 Å². The minimum absolute atomic E-state index is 0.0323. The highest BCUT2D eigenvalue weighted by Crippen LogP contribution is 2.42. The Morgan fingerprint density at radius 2 is 1.89 bits per heavy atom. The van der Waals surface area contributed by atoms with Gasteiger partial charge in [0.1, 0.15) is 0 Å². The molecule has 2 atom stereocenters. The van der Waals surface area contributed by atoms with Crippen molar-refractivity contribution >= 4 is 11.6 Å². The van der Waals surface area contributed by atoms with E-state index < -0.39 is 0 Å². The molecular weight excluding hydrogens is 454 g/mol. The van der Waals surface area contributed by atoms with Crippen LogP contribution in [0.2, 0.25) is 0 Å². The molecule has 2 aromatic carbocycles. The molecule has 0 saturated carbocycles. The van der Waals surface area contributed by atoms with Gasteiger partial charge in [0.2, 0.25) is 0 Å². The second kappa shape index (κ2) is 11.9. The lowest BCUT2D eigenvalue weighted by Crippen LogP contribution is -2.41. The van der Waals surface area contributed by atoms with Gasteiger partial charge in [-0.25, -0.2) is 0 Å². The number of likely N-dealkylation sites (N-methyl/N-ethyl adjacent to an activating group) is 1. The van der Waals surface area contributed by atoms with Crippen LogP contribution in [0.5, 0.6) is 11.5 Å². The number of nitrogens with zero attached hydrogens (tertiary/aromatic N) is 3. The molecule has 0 aliphatic carbocycles. The molecule has 2 aromatic rings. The summed E-state index contributed by atoms with van der Waals surface area (Å²) in [6, 6.07) is 12.3. The fraction of sp³-hybridized carbons (Fsp3) is 0.517. The molecule has 1 amide bonds. The summed E-state index contributed by atoms with van der Waals surface area (Å²) < 4.78 is 16.8. The summed E-state index contributed by atoms with van der Waals surface area (Å²) in [5.41, 5.74) is 4.99. The number of piperidine rings is 1. The molecule has 0 N–H and O–H groups in total. The number of ether oxygens (including phenoxy) is 3.